The Morgan fingerprint density at radius 2 is 1.95 bits per heavy atom. The zero-order valence-electron chi connectivity index (χ0n) is 12.9. The van der Waals surface area contributed by atoms with E-state index in [1.54, 1.807) is 4.90 Å². The van der Waals surface area contributed by atoms with Crippen LogP contribution in [-0.2, 0) is 16.1 Å². The zero-order chi connectivity index (χ0) is 15.2. The van der Waals surface area contributed by atoms with E-state index >= 15 is 0 Å². The number of hydrogen-bond acceptors (Lipinski definition) is 4. The van der Waals surface area contributed by atoms with Gasteiger partial charge >= 0.3 is 6.09 Å². The third-order valence-corrected chi connectivity index (χ3v) is 4.26. The molecule has 1 amide bonds. The Balaban J connectivity index is 1.45. The number of rotatable bonds is 4. The lowest BCUT2D eigenvalue weighted by atomic mass is 10.2. The molecule has 2 saturated heterocycles. The number of morpholine rings is 1. The Bertz CT molecular complexity index is 474. The summed E-state index contributed by atoms with van der Waals surface area (Å²) < 4.78 is 11.2. The zero-order valence-corrected chi connectivity index (χ0v) is 12.9. The summed E-state index contributed by atoms with van der Waals surface area (Å²) in [6, 6.07) is 9.77. The first-order valence-corrected chi connectivity index (χ1v) is 8.11. The highest BCUT2D eigenvalue weighted by molar-refractivity contribution is 5.67. The van der Waals surface area contributed by atoms with Gasteiger partial charge < -0.3 is 19.3 Å². The van der Waals surface area contributed by atoms with Crippen LogP contribution >= 0.6 is 0 Å². The second-order valence-corrected chi connectivity index (χ2v) is 5.99. The summed E-state index contributed by atoms with van der Waals surface area (Å²) >= 11 is 0. The van der Waals surface area contributed by atoms with Crippen molar-refractivity contribution in [2.45, 2.75) is 25.6 Å². The van der Waals surface area contributed by atoms with Gasteiger partial charge in [-0.3, -0.25) is 0 Å². The summed E-state index contributed by atoms with van der Waals surface area (Å²) in [4.78, 5) is 16.4. The number of hydrogen-bond donors (Lipinski definition) is 0. The highest BCUT2D eigenvalue weighted by atomic mass is 16.6. The van der Waals surface area contributed by atoms with Crippen molar-refractivity contribution < 1.29 is 14.3 Å². The fraction of sp³-hybridized carbons (Fsp3) is 0.588. The van der Waals surface area contributed by atoms with Crippen LogP contribution in [0.5, 0.6) is 0 Å². The lowest BCUT2D eigenvalue weighted by Gasteiger charge is -2.34. The normalized spacial score (nSPS) is 22.7. The van der Waals surface area contributed by atoms with Crippen molar-refractivity contribution >= 4 is 6.09 Å². The van der Waals surface area contributed by atoms with Crippen molar-refractivity contribution in [2.75, 3.05) is 39.3 Å². The predicted octanol–water partition coefficient (Wildman–Crippen LogP) is 2.12. The van der Waals surface area contributed by atoms with Crippen molar-refractivity contribution in [2.24, 2.45) is 0 Å². The van der Waals surface area contributed by atoms with E-state index in [4.69, 9.17) is 9.47 Å². The number of likely N-dealkylation sites (tertiary alicyclic amines) is 1. The molecule has 0 unspecified atom stereocenters. The molecule has 0 bridgehead atoms. The maximum atomic E-state index is 12.2. The molecule has 2 fully saturated rings. The Labute approximate surface area is 131 Å². The van der Waals surface area contributed by atoms with Crippen LogP contribution in [0.15, 0.2) is 30.3 Å². The van der Waals surface area contributed by atoms with Gasteiger partial charge in [0.15, 0.2) is 0 Å². The second-order valence-electron chi connectivity index (χ2n) is 5.99. The standard InChI is InChI=1S/C17H24N2O3/c20-17(22-14-15-6-2-1-3-7-15)19-10-11-21-16(13-19)12-18-8-4-5-9-18/h1-3,6-7,16H,4-5,8-14H2/t16-/m0/s1. The van der Waals surface area contributed by atoms with E-state index < -0.39 is 0 Å². The van der Waals surface area contributed by atoms with E-state index in [0.717, 1.165) is 25.2 Å². The van der Waals surface area contributed by atoms with E-state index in [1.807, 2.05) is 30.3 Å². The fourth-order valence-corrected chi connectivity index (χ4v) is 3.06. The van der Waals surface area contributed by atoms with Gasteiger partial charge in [-0.25, -0.2) is 4.79 Å². The van der Waals surface area contributed by atoms with Gasteiger partial charge in [0.25, 0.3) is 0 Å². The quantitative estimate of drug-likeness (QED) is 0.854. The van der Waals surface area contributed by atoms with E-state index in [2.05, 4.69) is 4.90 Å². The van der Waals surface area contributed by atoms with Crippen molar-refractivity contribution in [3.8, 4) is 0 Å². The van der Waals surface area contributed by atoms with Crippen LogP contribution in [0.4, 0.5) is 4.79 Å². The van der Waals surface area contributed by atoms with Gasteiger partial charge in [0.2, 0.25) is 0 Å². The second kappa shape index (κ2) is 7.61. The van der Waals surface area contributed by atoms with Crippen molar-refractivity contribution in [3.05, 3.63) is 35.9 Å². The summed E-state index contributed by atoms with van der Waals surface area (Å²) in [5.74, 6) is 0. The molecule has 2 aliphatic heterocycles. The largest absolute Gasteiger partial charge is 0.445 e. The smallest absolute Gasteiger partial charge is 0.410 e. The molecule has 0 spiro atoms. The van der Waals surface area contributed by atoms with Crippen LogP contribution in [0.3, 0.4) is 0 Å². The van der Waals surface area contributed by atoms with Gasteiger partial charge in [-0.05, 0) is 31.5 Å². The van der Waals surface area contributed by atoms with Gasteiger partial charge in [0.05, 0.1) is 19.3 Å². The molecule has 0 saturated carbocycles. The van der Waals surface area contributed by atoms with E-state index in [-0.39, 0.29) is 12.2 Å². The summed E-state index contributed by atoms with van der Waals surface area (Å²) in [5.41, 5.74) is 1.01. The van der Waals surface area contributed by atoms with Crippen LogP contribution in [0.1, 0.15) is 18.4 Å². The minimum absolute atomic E-state index is 0.108. The van der Waals surface area contributed by atoms with Gasteiger partial charge in [-0.15, -0.1) is 0 Å². The molecule has 1 atom stereocenters. The first-order valence-electron chi connectivity index (χ1n) is 8.11. The molecule has 0 radical (unpaired) electrons. The molecule has 120 valence electrons. The SMILES string of the molecule is O=C(OCc1ccccc1)N1CCO[C@@H](CN2CCCC2)C1. The highest BCUT2D eigenvalue weighted by Gasteiger charge is 2.27. The minimum Gasteiger partial charge on any atom is -0.445 e. The van der Waals surface area contributed by atoms with Crippen LogP contribution < -0.4 is 0 Å². The third kappa shape index (κ3) is 4.21. The third-order valence-electron chi connectivity index (χ3n) is 4.26. The summed E-state index contributed by atoms with van der Waals surface area (Å²) in [6.45, 7) is 5.39. The maximum absolute atomic E-state index is 12.2. The molecule has 22 heavy (non-hydrogen) atoms. The van der Waals surface area contributed by atoms with E-state index in [9.17, 15) is 4.79 Å². The van der Waals surface area contributed by atoms with Gasteiger partial charge in [-0.1, -0.05) is 30.3 Å². The molecular weight excluding hydrogens is 280 g/mol. The van der Waals surface area contributed by atoms with Crippen molar-refractivity contribution in [1.29, 1.82) is 0 Å². The van der Waals surface area contributed by atoms with E-state index in [0.29, 0.717) is 26.3 Å². The average molecular weight is 304 g/mol. The van der Waals surface area contributed by atoms with Crippen LogP contribution in [0.2, 0.25) is 0 Å². The van der Waals surface area contributed by atoms with Gasteiger partial charge in [-0.2, -0.15) is 0 Å². The van der Waals surface area contributed by atoms with Gasteiger partial charge in [0.1, 0.15) is 6.61 Å². The van der Waals surface area contributed by atoms with Crippen LogP contribution in [0, 0.1) is 0 Å². The molecule has 0 aromatic heterocycles. The Morgan fingerprint density at radius 1 is 1.18 bits per heavy atom. The number of nitrogens with zero attached hydrogens (tertiary/aromatic N) is 2. The monoisotopic (exact) mass is 304 g/mol. The average Bonchev–Trinajstić information content (AvgIpc) is 3.07. The maximum Gasteiger partial charge on any atom is 0.410 e. The molecular formula is C17H24N2O3. The van der Waals surface area contributed by atoms with Crippen molar-refractivity contribution in [3.63, 3.8) is 0 Å². The lowest BCUT2D eigenvalue weighted by Crippen LogP contribution is -2.49. The molecule has 0 N–H and O–H groups in total. The summed E-state index contributed by atoms with van der Waals surface area (Å²) in [6.07, 6.45) is 2.42. The fourth-order valence-electron chi connectivity index (χ4n) is 3.06. The molecule has 5 nitrogen and oxygen atoms in total. The number of amides is 1. The predicted molar refractivity (Wildman–Crippen MR) is 83.6 cm³/mol. The minimum atomic E-state index is -0.237. The first kappa shape index (κ1) is 15.3. The van der Waals surface area contributed by atoms with Crippen molar-refractivity contribution in [1.82, 2.24) is 9.80 Å². The molecule has 0 aliphatic carbocycles. The molecule has 5 heteroatoms. The van der Waals surface area contributed by atoms with Gasteiger partial charge in [0, 0.05) is 13.1 Å². The van der Waals surface area contributed by atoms with E-state index in [1.165, 1.54) is 12.8 Å². The first-order chi connectivity index (χ1) is 10.8. The summed E-state index contributed by atoms with van der Waals surface area (Å²) in [7, 11) is 0. The number of ether oxygens (including phenoxy) is 2. The Morgan fingerprint density at radius 3 is 2.73 bits per heavy atom. The molecule has 2 aliphatic rings. The lowest BCUT2D eigenvalue weighted by molar-refractivity contribution is -0.0394. The molecule has 2 heterocycles. The molecule has 3 rings (SSSR count). The Hall–Kier alpha value is -1.59. The number of benzene rings is 1. The Kier molecular flexibility index (Phi) is 5.29. The molecule has 1 aromatic carbocycles. The number of carbonyl (C=O) groups is 1. The van der Waals surface area contributed by atoms with Crippen LogP contribution in [-0.4, -0.2) is 61.3 Å². The van der Waals surface area contributed by atoms with Crippen LogP contribution in [0.25, 0.3) is 0 Å². The summed E-state index contributed by atoms with van der Waals surface area (Å²) in [5, 5.41) is 0. The highest BCUT2D eigenvalue weighted by Crippen LogP contribution is 2.13. The molecule has 1 aromatic rings. The number of carbonyl (C=O) groups excluding carboxylic acids is 1. The topological polar surface area (TPSA) is 42.0 Å².